The third kappa shape index (κ3) is 2.51. The molecule has 0 saturated heterocycles. The Labute approximate surface area is 119 Å². The summed E-state index contributed by atoms with van der Waals surface area (Å²) in [5.41, 5.74) is 7.94. The molecule has 0 radical (unpaired) electrons. The largest absolute Gasteiger partial charge is 0.485 e. The molecule has 0 bridgehead atoms. The van der Waals surface area contributed by atoms with Gasteiger partial charge in [0.05, 0.1) is 0 Å². The van der Waals surface area contributed by atoms with Crippen LogP contribution >= 0.6 is 15.9 Å². The van der Waals surface area contributed by atoms with Crippen molar-refractivity contribution >= 4 is 15.9 Å². The van der Waals surface area contributed by atoms with E-state index in [1.54, 1.807) is 6.07 Å². The second kappa shape index (κ2) is 4.94. The molecule has 0 fully saturated rings. The van der Waals surface area contributed by atoms with Crippen LogP contribution in [0.1, 0.15) is 29.7 Å². The topological polar surface area (TPSA) is 35.2 Å². The standard InChI is InChI=1S/C15H13BrFNO/c16-10-3-1-9(2-4-10)15-8-13(18)12-7-11(17)5-6-14(12)19-15/h1-7,13,15H,8,18H2/t13-,15?/m1/s1. The Kier molecular flexibility index (Phi) is 3.29. The van der Waals surface area contributed by atoms with Crippen LogP contribution in [-0.2, 0) is 0 Å². The van der Waals surface area contributed by atoms with Crippen LogP contribution < -0.4 is 10.5 Å². The van der Waals surface area contributed by atoms with E-state index in [1.807, 2.05) is 24.3 Å². The van der Waals surface area contributed by atoms with Gasteiger partial charge < -0.3 is 10.5 Å². The van der Waals surface area contributed by atoms with Crippen LogP contribution in [0.5, 0.6) is 5.75 Å². The summed E-state index contributed by atoms with van der Waals surface area (Å²) in [6.07, 6.45) is 0.569. The van der Waals surface area contributed by atoms with Crippen LogP contribution in [0.3, 0.4) is 0 Å². The molecule has 4 heteroatoms. The van der Waals surface area contributed by atoms with E-state index < -0.39 is 0 Å². The Bertz CT molecular complexity index is 600. The van der Waals surface area contributed by atoms with Crippen LogP contribution in [0.2, 0.25) is 0 Å². The molecular weight excluding hydrogens is 309 g/mol. The molecule has 2 aromatic carbocycles. The summed E-state index contributed by atoms with van der Waals surface area (Å²) in [6.45, 7) is 0. The van der Waals surface area contributed by atoms with Gasteiger partial charge in [-0.1, -0.05) is 28.1 Å². The average molecular weight is 322 g/mol. The van der Waals surface area contributed by atoms with Crippen LogP contribution in [-0.4, -0.2) is 0 Å². The fourth-order valence-electron chi connectivity index (χ4n) is 2.36. The number of nitrogens with two attached hydrogens (primary N) is 1. The Balaban J connectivity index is 1.92. The normalized spacial score (nSPS) is 21.6. The van der Waals surface area contributed by atoms with Gasteiger partial charge in [0.15, 0.2) is 0 Å². The number of ether oxygens (including phenoxy) is 1. The predicted octanol–water partition coefficient (Wildman–Crippen LogP) is 4.11. The van der Waals surface area contributed by atoms with E-state index in [4.69, 9.17) is 10.5 Å². The lowest BCUT2D eigenvalue weighted by Crippen LogP contribution is -2.24. The zero-order chi connectivity index (χ0) is 13.4. The first-order valence-corrected chi connectivity index (χ1v) is 6.90. The molecule has 98 valence electrons. The molecule has 1 unspecified atom stereocenters. The third-order valence-corrected chi connectivity index (χ3v) is 3.88. The highest BCUT2D eigenvalue weighted by atomic mass is 79.9. The summed E-state index contributed by atoms with van der Waals surface area (Å²) in [4.78, 5) is 0. The Morgan fingerprint density at radius 2 is 1.89 bits per heavy atom. The Hall–Kier alpha value is -1.39. The molecule has 3 rings (SSSR count). The highest BCUT2D eigenvalue weighted by Crippen LogP contribution is 2.39. The molecule has 0 spiro atoms. The maximum Gasteiger partial charge on any atom is 0.126 e. The highest BCUT2D eigenvalue weighted by Gasteiger charge is 2.27. The van der Waals surface area contributed by atoms with E-state index in [-0.39, 0.29) is 18.0 Å². The summed E-state index contributed by atoms with van der Waals surface area (Å²) in [5.74, 6) is 0.396. The van der Waals surface area contributed by atoms with Crippen molar-refractivity contribution in [2.24, 2.45) is 5.73 Å². The minimum absolute atomic E-state index is 0.0824. The minimum Gasteiger partial charge on any atom is -0.485 e. The van der Waals surface area contributed by atoms with Crippen LogP contribution in [0.25, 0.3) is 0 Å². The van der Waals surface area contributed by atoms with E-state index >= 15 is 0 Å². The number of fused-ring (bicyclic) bond motifs is 1. The van der Waals surface area contributed by atoms with Gasteiger partial charge in [-0.25, -0.2) is 4.39 Å². The summed E-state index contributed by atoms with van der Waals surface area (Å²) in [6, 6.07) is 12.3. The summed E-state index contributed by atoms with van der Waals surface area (Å²) in [7, 11) is 0. The molecule has 0 aromatic heterocycles. The van der Waals surface area contributed by atoms with Gasteiger partial charge in [-0.15, -0.1) is 0 Å². The fourth-order valence-corrected chi connectivity index (χ4v) is 2.62. The molecule has 19 heavy (non-hydrogen) atoms. The number of hydrogen-bond acceptors (Lipinski definition) is 2. The maximum absolute atomic E-state index is 13.2. The third-order valence-electron chi connectivity index (χ3n) is 3.35. The van der Waals surface area contributed by atoms with Crippen molar-refractivity contribution < 1.29 is 9.13 Å². The number of hydrogen-bond donors (Lipinski definition) is 1. The lowest BCUT2D eigenvalue weighted by molar-refractivity contribution is 0.161. The maximum atomic E-state index is 13.2. The number of benzene rings is 2. The monoisotopic (exact) mass is 321 g/mol. The van der Waals surface area contributed by atoms with E-state index in [0.717, 1.165) is 15.6 Å². The molecule has 0 saturated carbocycles. The molecule has 1 aliphatic heterocycles. The SMILES string of the molecule is N[C@@H]1CC(c2ccc(Br)cc2)Oc2ccc(F)cc21. The zero-order valence-corrected chi connectivity index (χ0v) is 11.7. The van der Waals surface area contributed by atoms with E-state index in [9.17, 15) is 4.39 Å². The van der Waals surface area contributed by atoms with Gasteiger partial charge >= 0.3 is 0 Å². The van der Waals surface area contributed by atoms with Crippen molar-refractivity contribution in [2.75, 3.05) is 0 Å². The lowest BCUT2D eigenvalue weighted by Gasteiger charge is -2.30. The highest BCUT2D eigenvalue weighted by molar-refractivity contribution is 9.10. The molecule has 2 atom stereocenters. The fraction of sp³-hybridized carbons (Fsp3) is 0.200. The molecule has 0 amide bonds. The number of rotatable bonds is 1. The molecule has 2 nitrogen and oxygen atoms in total. The Morgan fingerprint density at radius 3 is 2.63 bits per heavy atom. The smallest absolute Gasteiger partial charge is 0.126 e. The Morgan fingerprint density at radius 1 is 1.16 bits per heavy atom. The first-order valence-electron chi connectivity index (χ1n) is 6.10. The van der Waals surface area contributed by atoms with Crippen molar-refractivity contribution in [3.8, 4) is 5.75 Å². The van der Waals surface area contributed by atoms with Crippen molar-refractivity contribution in [3.05, 3.63) is 63.9 Å². The van der Waals surface area contributed by atoms with Crippen molar-refractivity contribution in [3.63, 3.8) is 0 Å². The molecule has 1 aliphatic rings. The summed E-state index contributed by atoms with van der Waals surface area (Å²) < 4.78 is 20.2. The van der Waals surface area contributed by atoms with Crippen LogP contribution in [0.4, 0.5) is 4.39 Å². The van der Waals surface area contributed by atoms with Gasteiger partial charge in [0.25, 0.3) is 0 Å². The first kappa shape index (κ1) is 12.6. The first-order chi connectivity index (χ1) is 9.13. The van der Waals surface area contributed by atoms with Crippen molar-refractivity contribution in [1.29, 1.82) is 0 Å². The van der Waals surface area contributed by atoms with Gasteiger partial charge in [0.1, 0.15) is 17.7 Å². The molecule has 2 N–H and O–H groups in total. The zero-order valence-electron chi connectivity index (χ0n) is 10.1. The summed E-state index contributed by atoms with van der Waals surface area (Å²) >= 11 is 3.41. The number of halogens is 2. The van der Waals surface area contributed by atoms with Gasteiger partial charge in [0, 0.05) is 22.5 Å². The minimum atomic E-state index is -0.278. The van der Waals surface area contributed by atoms with Gasteiger partial charge in [0.2, 0.25) is 0 Å². The molecule has 2 aromatic rings. The average Bonchev–Trinajstić information content (AvgIpc) is 2.40. The van der Waals surface area contributed by atoms with Crippen LogP contribution in [0.15, 0.2) is 46.9 Å². The lowest BCUT2D eigenvalue weighted by atomic mass is 9.93. The van der Waals surface area contributed by atoms with Gasteiger partial charge in [-0.2, -0.15) is 0 Å². The van der Waals surface area contributed by atoms with Gasteiger partial charge in [-0.3, -0.25) is 0 Å². The van der Waals surface area contributed by atoms with E-state index in [2.05, 4.69) is 15.9 Å². The van der Waals surface area contributed by atoms with Crippen molar-refractivity contribution in [2.45, 2.75) is 18.6 Å². The predicted molar refractivity (Wildman–Crippen MR) is 75.5 cm³/mol. The molecule has 0 aliphatic carbocycles. The second-order valence-electron chi connectivity index (χ2n) is 4.68. The molecule has 1 heterocycles. The van der Waals surface area contributed by atoms with Crippen LogP contribution in [0, 0.1) is 5.82 Å². The van der Waals surface area contributed by atoms with E-state index in [0.29, 0.717) is 12.2 Å². The van der Waals surface area contributed by atoms with Crippen molar-refractivity contribution in [1.82, 2.24) is 0 Å². The van der Waals surface area contributed by atoms with Gasteiger partial charge in [-0.05, 0) is 35.9 Å². The second-order valence-corrected chi connectivity index (χ2v) is 5.60. The summed E-state index contributed by atoms with van der Waals surface area (Å²) in [5, 5.41) is 0. The quantitative estimate of drug-likeness (QED) is 0.857. The van der Waals surface area contributed by atoms with E-state index in [1.165, 1.54) is 12.1 Å². The molecular formula is C15H13BrFNO.